The molecule has 0 spiro atoms. The van der Waals surface area contributed by atoms with E-state index in [1.54, 1.807) is 0 Å². The number of likely N-dealkylation sites (tertiary alicyclic amines) is 2. The van der Waals surface area contributed by atoms with E-state index in [1.807, 2.05) is 0 Å². The summed E-state index contributed by atoms with van der Waals surface area (Å²) in [5.41, 5.74) is 2.79. The van der Waals surface area contributed by atoms with Gasteiger partial charge in [-0.2, -0.15) is 0 Å². The Bertz CT molecular complexity index is 919. The van der Waals surface area contributed by atoms with Gasteiger partial charge < -0.3 is 10.6 Å². The Morgan fingerprint density at radius 3 is 2.19 bits per heavy atom. The molecule has 3 atom stereocenters. The first kappa shape index (κ1) is 27.1. The van der Waals surface area contributed by atoms with Crippen molar-refractivity contribution in [2.45, 2.75) is 63.7 Å². The van der Waals surface area contributed by atoms with Crippen LogP contribution >= 0.6 is 12.4 Å². The van der Waals surface area contributed by atoms with E-state index in [9.17, 15) is 4.79 Å². The van der Waals surface area contributed by atoms with E-state index in [1.165, 1.54) is 30.6 Å². The van der Waals surface area contributed by atoms with Gasteiger partial charge in [0.15, 0.2) is 0 Å². The average Bonchev–Trinajstić information content (AvgIpc) is 2.88. The van der Waals surface area contributed by atoms with Crippen LogP contribution in [0.1, 0.15) is 49.7 Å². The molecule has 2 N–H and O–H groups in total. The number of benzene rings is 2. The number of carbonyl (C=O) groups is 1. The lowest BCUT2D eigenvalue weighted by Crippen LogP contribution is -2.55. The van der Waals surface area contributed by atoms with Gasteiger partial charge in [-0.3, -0.25) is 14.6 Å². The Hall–Kier alpha value is -1.92. The summed E-state index contributed by atoms with van der Waals surface area (Å²) in [7, 11) is 0. The maximum absolute atomic E-state index is 12.6. The zero-order valence-electron chi connectivity index (χ0n) is 21.5. The predicted molar refractivity (Wildman–Crippen MR) is 149 cm³/mol. The van der Waals surface area contributed by atoms with Gasteiger partial charge in [-0.05, 0) is 61.6 Å². The molecular formula is C30H43ClN4O. The lowest BCUT2D eigenvalue weighted by molar-refractivity contribution is -0.122. The fourth-order valence-electron chi connectivity index (χ4n) is 6.44. The third-order valence-corrected chi connectivity index (χ3v) is 8.25. The molecule has 3 saturated heterocycles. The highest BCUT2D eigenvalue weighted by molar-refractivity contribution is 5.85. The first-order chi connectivity index (χ1) is 17.2. The number of hydrogen-bond acceptors (Lipinski definition) is 4. The van der Waals surface area contributed by atoms with Crippen LogP contribution in [0.2, 0.25) is 0 Å². The third-order valence-electron chi connectivity index (χ3n) is 8.25. The van der Waals surface area contributed by atoms with Gasteiger partial charge in [0, 0.05) is 57.8 Å². The highest BCUT2D eigenvalue weighted by Gasteiger charge is 2.36. The van der Waals surface area contributed by atoms with Crippen molar-refractivity contribution in [1.29, 1.82) is 0 Å². The molecule has 0 saturated carbocycles. The number of carbonyl (C=O) groups excluding carboxylic acids is 1. The minimum Gasteiger partial charge on any atom is -0.353 e. The zero-order valence-corrected chi connectivity index (χ0v) is 22.3. The van der Waals surface area contributed by atoms with Crippen LogP contribution in [0.15, 0.2) is 60.7 Å². The van der Waals surface area contributed by atoms with Crippen LogP contribution in [0.25, 0.3) is 0 Å². The summed E-state index contributed by atoms with van der Waals surface area (Å²) >= 11 is 0. The number of nitrogens with one attached hydrogen (secondary N) is 2. The molecule has 5 nitrogen and oxygen atoms in total. The molecule has 2 aromatic rings. The van der Waals surface area contributed by atoms with E-state index >= 15 is 0 Å². The van der Waals surface area contributed by atoms with E-state index in [0.29, 0.717) is 24.4 Å². The van der Waals surface area contributed by atoms with Gasteiger partial charge in [-0.15, -0.1) is 12.4 Å². The topological polar surface area (TPSA) is 47.6 Å². The van der Waals surface area contributed by atoms with Crippen molar-refractivity contribution in [3.05, 3.63) is 71.8 Å². The molecule has 196 valence electrons. The molecule has 0 aliphatic carbocycles. The van der Waals surface area contributed by atoms with Gasteiger partial charge in [-0.25, -0.2) is 0 Å². The van der Waals surface area contributed by atoms with E-state index in [-0.39, 0.29) is 18.3 Å². The minimum absolute atomic E-state index is 0. The summed E-state index contributed by atoms with van der Waals surface area (Å²) in [5, 5.41) is 7.15. The maximum atomic E-state index is 12.6. The fraction of sp³-hybridized carbons (Fsp3) is 0.567. The smallest absolute Gasteiger partial charge is 0.220 e. The molecule has 2 bridgehead atoms. The van der Waals surface area contributed by atoms with Gasteiger partial charge in [0.1, 0.15) is 0 Å². The average molecular weight is 511 g/mol. The molecule has 3 fully saturated rings. The second kappa shape index (κ2) is 13.6. The van der Waals surface area contributed by atoms with Crippen molar-refractivity contribution in [3.63, 3.8) is 0 Å². The Kier molecular flexibility index (Phi) is 10.2. The summed E-state index contributed by atoms with van der Waals surface area (Å²) in [5.74, 6) is 1.72. The molecule has 36 heavy (non-hydrogen) atoms. The second-order valence-corrected chi connectivity index (χ2v) is 11.1. The third kappa shape index (κ3) is 7.79. The molecule has 2 aromatic carbocycles. The van der Waals surface area contributed by atoms with Crippen LogP contribution in [0, 0.1) is 11.8 Å². The van der Waals surface area contributed by atoms with Crippen LogP contribution in [0.5, 0.6) is 0 Å². The van der Waals surface area contributed by atoms with Crippen LogP contribution < -0.4 is 10.6 Å². The number of hydrogen-bond donors (Lipinski definition) is 2. The van der Waals surface area contributed by atoms with Crippen LogP contribution in [0.3, 0.4) is 0 Å². The number of fused-ring (bicyclic) bond motifs is 2. The predicted octanol–water partition coefficient (Wildman–Crippen LogP) is 4.47. The maximum Gasteiger partial charge on any atom is 0.220 e. The van der Waals surface area contributed by atoms with Gasteiger partial charge in [0.2, 0.25) is 5.91 Å². The summed E-state index contributed by atoms with van der Waals surface area (Å²) < 4.78 is 0. The molecule has 3 aliphatic rings. The Morgan fingerprint density at radius 2 is 1.53 bits per heavy atom. The summed E-state index contributed by atoms with van der Waals surface area (Å²) in [6.07, 6.45) is 6.21. The molecule has 6 heteroatoms. The van der Waals surface area contributed by atoms with E-state index < -0.39 is 0 Å². The number of halogens is 1. The van der Waals surface area contributed by atoms with E-state index in [4.69, 9.17) is 0 Å². The molecule has 0 aromatic heterocycles. The number of nitrogens with zero attached hydrogens (tertiary/aromatic N) is 2. The van der Waals surface area contributed by atoms with Gasteiger partial charge >= 0.3 is 0 Å². The first-order valence-electron chi connectivity index (χ1n) is 13.8. The molecule has 5 rings (SSSR count). The molecule has 0 radical (unpaired) electrons. The molecule has 3 aliphatic heterocycles. The summed E-state index contributed by atoms with van der Waals surface area (Å²) in [6, 6.07) is 22.4. The lowest BCUT2D eigenvalue weighted by atomic mass is 9.79. The normalized spacial score (nSPS) is 25.2. The van der Waals surface area contributed by atoms with Crippen LogP contribution in [-0.4, -0.2) is 60.5 Å². The Balaban J connectivity index is 0.00000304. The molecule has 3 heterocycles. The van der Waals surface area contributed by atoms with Crippen molar-refractivity contribution in [2.75, 3.05) is 32.7 Å². The summed E-state index contributed by atoms with van der Waals surface area (Å²) in [6.45, 7) is 7.71. The highest BCUT2D eigenvalue weighted by Crippen LogP contribution is 2.31. The number of amides is 1. The molecule has 0 unspecified atom stereocenters. The minimum atomic E-state index is 0. The number of piperidine rings is 3. The Morgan fingerprint density at radius 1 is 0.889 bits per heavy atom. The SMILES string of the molecule is Cl.O=C(CCC[C@H]1NC[C@@H]2C[C@H]1CN(Cc1ccccc1)C2)NC1CCN(Cc2ccccc2)CC1. The van der Waals surface area contributed by atoms with Crippen molar-refractivity contribution in [3.8, 4) is 0 Å². The largest absolute Gasteiger partial charge is 0.353 e. The van der Waals surface area contributed by atoms with Crippen molar-refractivity contribution < 1.29 is 4.79 Å². The zero-order chi connectivity index (χ0) is 23.9. The molecule has 1 amide bonds. The van der Waals surface area contributed by atoms with Gasteiger partial charge in [0.05, 0.1) is 0 Å². The van der Waals surface area contributed by atoms with Crippen LogP contribution in [-0.2, 0) is 17.9 Å². The Labute approximate surface area is 223 Å². The van der Waals surface area contributed by atoms with E-state index in [2.05, 4.69) is 81.1 Å². The fourth-order valence-corrected chi connectivity index (χ4v) is 6.44. The van der Waals surface area contributed by atoms with Crippen molar-refractivity contribution >= 4 is 18.3 Å². The lowest BCUT2D eigenvalue weighted by Gasteiger charge is -2.46. The highest BCUT2D eigenvalue weighted by atomic mass is 35.5. The van der Waals surface area contributed by atoms with Crippen molar-refractivity contribution in [2.24, 2.45) is 11.8 Å². The first-order valence-corrected chi connectivity index (χ1v) is 13.8. The monoisotopic (exact) mass is 510 g/mol. The van der Waals surface area contributed by atoms with Gasteiger partial charge in [-0.1, -0.05) is 60.7 Å². The second-order valence-electron chi connectivity index (χ2n) is 11.1. The number of rotatable bonds is 9. The quantitative estimate of drug-likeness (QED) is 0.522. The van der Waals surface area contributed by atoms with Gasteiger partial charge in [0.25, 0.3) is 0 Å². The summed E-state index contributed by atoms with van der Waals surface area (Å²) in [4.78, 5) is 17.8. The van der Waals surface area contributed by atoms with Crippen molar-refractivity contribution in [1.82, 2.24) is 20.4 Å². The van der Waals surface area contributed by atoms with E-state index in [0.717, 1.165) is 64.3 Å². The standard InChI is InChI=1S/C30H42N4O.ClH/c35-30(32-28-14-16-33(17-15-28)20-24-8-3-1-4-9-24)13-7-12-29-27-18-26(19-31-29)22-34(23-27)21-25-10-5-2-6-11-25;/h1-6,8-11,26-29,31H,7,12-23H2,(H,32,35);1H/t26-,27-,29+;/m0./s1. The molecular weight excluding hydrogens is 468 g/mol. The van der Waals surface area contributed by atoms with Crippen LogP contribution in [0.4, 0.5) is 0 Å².